The fourth-order valence-electron chi connectivity index (χ4n) is 4.93. The number of carbonyl (C=O) groups is 1. The lowest BCUT2D eigenvalue weighted by atomic mass is 10.1. The number of anilines is 2. The Bertz CT molecular complexity index is 1150. The van der Waals surface area contributed by atoms with Gasteiger partial charge in [0.2, 0.25) is 0 Å². The highest BCUT2D eigenvalue weighted by molar-refractivity contribution is 7.90. The summed E-state index contributed by atoms with van der Waals surface area (Å²) in [6.07, 6.45) is 6.06. The summed E-state index contributed by atoms with van der Waals surface area (Å²) in [5.74, 6) is 0. The van der Waals surface area contributed by atoms with Gasteiger partial charge < -0.3 is 9.80 Å². The summed E-state index contributed by atoms with van der Waals surface area (Å²) in [7, 11) is -1.98. The number of nitrogens with zero attached hydrogens (tertiary/aromatic N) is 4. The van der Waals surface area contributed by atoms with Gasteiger partial charge in [-0.15, -0.1) is 0 Å². The summed E-state index contributed by atoms with van der Waals surface area (Å²) in [6, 6.07) is 12.5. The van der Waals surface area contributed by atoms with Crippen LogP contribution in [-0.4, -0.2) is 63.4 Å². The molecule has 0 aliphatic carbocycles. The van der Waals surface area contributed by atoms with Gasteiger partial charge in [-0.05, 0) is 31.2 Å². The number of unbranched alkanes of at least 4 members (excludes halogenated alkanes) is 5. The van der Waals surface area contributed by atoms with Crippen molar-refractivity contribution in [2.75, 3.05) is 49.6 Å². The Balaban J connectivity index is 1.73. The molecule has 2 amide bonds. The van der Waals surface area contributed by atoms with E-state index in [0.717, 1.165) is 48.6 Å². The summed E-state index contributed by atoms with van der Waals surface area (Å²) in [6.45, 7) is 5.68. The molecule has 1 saturated heterocycles. The molecule has 36 heavy (non-hydrogen) atoms. The van der Waals surface area contributed by atoms with Crippen molar-refractivity contribution >= 4 is 39.0 Å². The first-order chi connectivity index (χ1) is 17.3. The van der Waals surface area contributed by atoms with E-state index in [4.69, 9.17) is 11.6 Å². The molecule has 0 atom stereocenters. The van der Waals surface area contributed by atoms with Gasteiger partial charge in [0.1, 0.15) is 4.90 Å². The lowest BCUT2D eigenvalue weighted by molar-refractivity contribution is 0.226. The number of hydrogen-bond donors (Lipinski definition) is 0. The number of hydrogen-bond acceptors (Lipinski definition) is 5. The van der Waals surface area contributed by atoms with Crippen molar-refractivity contribution in [2.45, 2.75) is 56.9 Å². The van der Waals surface area contributed by atoms with Crippen LogP contribution in [0.4, 0.5) is 16.2 Å². The van der Waals surface area contributed by atoms with Crippen molar-refractivity contribution in [3.05, 3.63) is 53.1 Å². The van der Waals surface area contributed by atoms with Gasteiger partial charge in [0.05, 0.1) is 17.9 Å². The standard InChI is InChI=1S/C27H37ClN4O3S/c1-3-4-5-6-7-11-14-32-27(33)31(21-22-12-9-8-10-13-22)25-20-23(28)19-24(26(25)36(32,34)35)30-17-15-29(2)16-18-30/h8-10,12-13,19-20H,3-7,11,14-18,21H2,1-2H3. The largest absolute Gasteiger partial charge is 0.368 e. The lowest BCUT2D eigenvalue weighted by Crippen LogP contribution is -2.52. The Labute approximate surface area is 220 Å². The van der Waals surface area contributed by atoms with E-state index in [9.17, 15) is 13.2 Å². The first-order valence-electron chi connectivity index (χ1n) is 13.0. The summed E-state index contributed by atoms with van der Waals surface area (Å²) in [5, 5.41) is 0.424. The summed E-state index contributed by atoms with van der Waals surface area (Å²) in [4.78, 5) is 19.8. The molecule has 0 radical (unpaired) electrons. The van der Waals surface area contributed by atoms with E-state index in [1.165, 1.54) is 6.42 Å². The molecular formula is C27H37ClN4O3S. The van der Waals surface area contributed by atoms with E-state index in [2.05, 4.69) is 23.8 Å². The maximum atomic E-state index is 14.0. The molecule has 2 heterocycles. The zero-order valence-corrected chi connectivity index (χ0v) is 22.9. The van der Waals surface area contributed by atoms with E-state index in [-0.39, 0.29) is 18.0 Å². The molecule has 2 aromatic rings. The predicted octanol–water partition coefficient (Wildman–Crippen LogP) is 5.58. The van der Waals surface area contributed by atoms with Crippen molar-refractivity contribution in [3.8, 4) is 0 Å². The second-order valence-electron chi connectivity index (χ2n) is 9.76. The Hall–Kier alpha value is -2.29. The number of rotatable bonds is 10. The van der Waals surface area contributed by atoms with Crippen LogP contribution in [0.1, 0.15) is 51.0 Å². The molecule has 0 N–H and O–H groups in total. The van der Waals surface area contributed by atoms with Gasteiger partial charge in [-0.25, -0.2) is 17.5 Å². The Kier molecular flexibility index (Phi) is 8.80. The van der Waals surface area contributed by atoms with Crippen molar-refractivity contribution in [2.24, 2.45) is 0 Å². The average molecular weight is 533 g/mol. The highest BCUT2D eigenvalue weighted by atomic mass is 35.5. The highest BCUT2D eigenvalue weighted by Gasteiger charge is 2.44. The van der Waals surface area contributed by atoms with E-state index in [1.54, 1.807) is 17.0 Å². The molecule has 196 valence electrons. The van der Waals surface area contributed by atoms with E-state index >= 15 is 0 Å². The Morgan fingerprint density at radius 1 is 0.889 bits per heavy atom. The zero-order chi connectivity index (χ0) is 25.7. The number of piperazine rings is 1. The predicted molar refractivity (Wildman–Crippen MR) is 146 cm³/mol. The molecule has 2 aliphatic heterocycles. The number of halogens is 1. The number of amides is 2. The fraction of sp³-hybridized carbons (Fsp3) is 0.519. The van der Waals surface area contributed by atoms with Crippen molar-refractivity contribution in [3.63, 3.8) is 0 Å². The second-order valence-corrected chi connectivity index (χ2v) is 12.0. The minimum atomic E-state index is -4.04. The third-order valence-electron chi connectivity index (χ3n) is 7.04. The average Bonchev–Trinajstić information content (AvgIpc) is 2.86. The van der Waals surface area contributed by atoms with Crippen LogP contribution in [0.3, 0.4) is 0 Å². The quantitative estimate of drug-likeness (QED) is 0.373. The first kappa shape index (κ1) is 26.8. The van der Waals surface area contributed by atoms with E-state index < -0.39 is 16.1 Å². The number of benzene rings is 2. The molecule has 7 nitrogen and oxygen atoms in total. The fourth-order valence-corrected chi connectivity index (χ4v) is 6.92. The van der Waals surface area contributed by atoms with Gasteiger partial charge in [-0.2, -0.15) is 0 Å². The topological polar surface area (TPSA) is 64.2 Å². The van der Waals surface area contributed by atoms with Crippen LogP contribution >= 0.6 is 11.6 Å². The van der Waals surface area contributed by atoms with Gasteiger partial charge in [0.25, 0.3) is 10.0 Å². The Morgan fingerprint density at radius 3 is 2.22 bits per heavy atom. The van der Waals surface area contributed by atoms with Crippen LogP contribution in [0.5, 0.6) is 0 Å². The van der Waals surface area contributed by atoms with E-state index in [0.29, 0.717) is 35.9 Å². The SMILES string of the molecule is CCCCCCCCN1C(=O)N(Cc2ccccc2)c2cc(Cl)cc(N3CCN(C)CC3)c2S1(=O)=O. The number of urea groups is 1. The van der Waals surface area contributed by atoms with Crippen molar-refractivity contribution in [1.82, 2.24) is 9.21 Å². The molecule has 0 saturated carbocycles. The van der Waals surface area contributed by atoms with Gasteiger partial charge in [-0.1, -0.05) is 81.0 Å². The highest BCUT2D eigenvalue weighted by Crippen LogP contribution is 2.44. The van der Waals surface area contributed by atoms with Crippen molar-refractivity contribution < 1.29 is 13.2 Å². The number of fused-ring (bicyclic) bond motifs is 1. The van der Waals surface area contributed by atoms with Crippen molar-refractivity contribution in [1.29, 1.82) is 0 Å². The smallest absolute Gasteiger partial charge is 0.338 e. The molecule has 2 aliphatic rings. The molecule has 4 rings (SSSR count). The van der Waals surface area contributed by atoms with Crippen LogP contribution in [0.15, 0.2) is 47.4 Å². The zero-order valence-electron chi connectivity index (χ0n) is 21.3. The minimum absolute atomic E-state index is 0.183. The van der Waals surface area contributed by atoms with Crippen LogP contribution in [0, 0.1) is 0 Å². The number of sulfonamides is 1. The van der Waals surface area contributed by atoms with E-state index in [1.807, 2.05) is 30.3 Å². The Morgan fingerprint density at radius 2 is 1.53 bits per heavy atom. The maximum Gasteiger partial charge on any atom is 0.338 e. The summed E-state index contributed by atoms with van der Waals surface area (Å²) in [5.41, 5.74) is 1.88. The summed E-state index contributed by atoms with van der Waals surface area (Å²) < 4.78 is 29.1. The van der Waals surface area contributed by atoms with Crippen LogP contribution in [-0.2, 0) is 16.6 Å². The monoisotopic (exact) mass is 532 g/mol. The normalized spacial score (nSPS) is 18.0. The third kappa shape index (κ3) is 5.82. The van der Waals surface area contributed by atoms with Crippen LogP contribution < -0.4 is 9.80 Å². The lowest BCUT2D eigenvalue weighted by Gasteiger charge is -2.40. The molecule has 9 heteroatoms. The summed E-state index contributed by atoms with van der Waals surface area (Å²) >= 11 is 6.54. The second kappa shape index (κ2) is 11.8. The van der Waals surface area contributed by atoms with Gasteiger partial charge in [-0.3, -0.25) is 4.90 Å². The number of likely N-dealkylation sites (N-methyl/N-ethyl adjacent to an activating group) is 1. The molecule has 0 unspecified atom stereocenters. The minimum Gasteiger partial charge on any atom is -0.368 e. The van der Waals surface area contributed by atoms with Crippen LogP contribution in [0.2, 0.25) is 5.02 Å². The third-order valence-corrected chi connectivity index (χ3v) is 9.11. The molecule has 2 aromatic carbocycles. The molecule has 0 aromatic heterocycles. The van der Waals surface area contributed by atoms with Gasteiger partial charge in [0, 0.05) is 37.7 Å². The molecular weight excluding hydrogens is 496 g/mol. The molecule has 0 bridgehead atoms. The first-order valence-corrected chi connectivity index (χ1v) is 14.8. The van der Waals surface area contributed by atoms with Crippen LogP contribution in [0.25, 0.3) is 0 Å². The maximum absolute atomic E-state index is 14.0. The molecule has 1 fully saturated rings. The van der Waals surface area contributed by atoms with Gasteiger partial charge in [0.15, 0.2) is 0 Å². The van der Waals surface area contributed by atoms with Gasteiger partial charge >= 0.3 is 6.03 Å². The number of carbonyl (C=O) groups excluding carboxylic acids is 1. The molecule has 0 spiro atoms.